The van der Waals surface area contributed by atoms with Crippen LogP contribution >= 0.6 is 24.0 Å². The Morgan fingerprint density at radius 3 is 1.85 bits per heavy atom. The molecule has 0 aliphatic rings. The zero-order chi connectivity index (χ0) is 11.3. The molecule has 0 bridgehead atoms. The van der Waals surface area contributed by atoms with Gasteiger partial charge in [0.25, 0.3) is 6.47 Å². The van der Waals surface area contributed by atoms with Crippen molar-refractivity contribution in [2.24, 2.45) is 5.73 Å². The minimum Gasteiger partial charge on any atom is -0.483 e. The van der Waals surface area contributed by atoms with Crippen molar-refractivity contribution < 1.29 is 9.90 Å². The van der Waals surface area contributed by atoms with Crippen molar-refractivity contribution in [3.63, 3.8) is 0 Å². The quantitative estimate of drug-likeness (QED) is 0.511. The third kappa shape index (κ3) is 153. The molecule has 0 aliphatic heterocycles. The molecule has 0 amide bonds. The average molecular weight is 226 g/mol. The van der Waals surface area contributed by atoms with E-state index < -0.39 is 0 Å². The van der Waals surface area contributed by atoms with Crippen LogP contribution in [0.1, 0.15) is 6.92 Å². The fourth-order valence-corrected chi connectivity index (χ4v) is 0.780. The minimum atomic E-state index is -0.250. The summed E-state index contributed by atoms with van der Waals surface area (Å²) in [5, 5.41) is 6.89. The monoisotopic (exact) mass is 226 g/mol. The first-order chi connectivity index (χ1) is 5.92. The van der Waals surface area contributed by atoms with Crippen LogP contribution in [-0.4, -0.2) is 47.7 Å². The number of nitrogens with zero attached hydrogens (tertiary/aromatic N) is 1. The molecule has 0 saturated heterocycles. The number of hydrogen-bond donors (Lipinski definition) is 2. The second-order valence-electron chi connectivity index (χ2n) is 2.20. The first-order valence-corrected chi connectivity index (χ1v) is 4.92. The Hall–Kier alpha value is -0.330. The number of rotatable bonds is 1. The predicted molar refractivity (Wildman–Crippen MR) is 63.2 cm³/mol. The molecule has 3 N–H and O–H groups in total. The van der Waals surface area contributed by atoms with Gasteiger partial charge in [-0.05, 0) is 26.9 Å². The molecule has 0 aromatic rings. The first kappa shape index (κ1) is 18.5. The van der Waals surface area contributed by atoms with Gasteiger partial charge in [-0.1, -0.05) is 30.9 Å². The van der Waals surface area contributed by atoms with Gasteiger partial charge in [0.05, 0.1) is 0 Å². The van der Waals surface area contributed by atoms with E-state index in [1.54, 1.807) is 0 Å². The standard InChI is InChI=1S/C3H7NS2.C3H9N.CH2O2/c1-2-6-3(4)5;1-4(2)3;2-1-3/h2H2,1H3,(H2,4,5);1-3H3;1H,(H,2,3). The van der Waals surface area contributed by atoms with Crippen LogP contribution < -0.4 is 5.73 Å². The van der Waals surface area contributed by atoms with Crippen molar-refractivity contribution in [2.45, 2.75) is 6.92 Å². The largest absolute Gasteiger partial charge is 0.483 e. The van der Waals surface area contributed by atoms with Gasteiger partial charge in [-0.2, -0.15) is 0 Å². The summed E-state index contributed by atoms with van der Waals surface area (Å²) in [6.45, 7) is 1.77. The molecule has 0 spiro atoms. The Labute approximate surface area is 89.5 Å². The second-order valence-corrected chi connectivity index (χ2v) is 4.20. The molecule has 0 heterocycles. The van der Waals surface area contributed by atoms with Crippen molar-refractivity contribution >= 4 is 34.8 Å². The van der Waals surface area contributed by atoms with Gasteiger partial charge in [-0.25, -0.2) is 0 Å². The van der Waals surface area contributed by atoms with E-state index in [2.05, 4.69) is 12.2 Å². The van der Waals surface area contributed by atoms with Crippen LogP contribution in [0, 0.1) is 0 Å². The van der Waals surface area contributed by atoms with Crippen molar-refractivity contribution in [1.82, 2.24) is 4.90 Å². The smallest absolute Gasteiger partial charge is 0.290 e. The summed E-state index contributed by atoms with van der Waals surface area (Å²) < 4.78 is 0.539. The lowest BCUT2D eigenvalue weighted by Crippen LogP contribution is -2.00. The number of carboxylic acid groups (broad SMARTS) is 1. The normalized spacial score (nSPS) is 7.46. The molecule has 0 atom stereocenters. The predicted octanol–water partition coefficient (Wildman–Crippen LogP) is 0.862. The highest BCUT2D eigenvalue weighted by Crippen LogP contribution is 1.95. The van der Waals surface area contributed by atoms with E-state index in [1.165, 1.54) is 11.8 Å². The molecular formula is C7H18N2O2S2. The summed E-state index contributed by atoms with van der Waals surface area (Å²) in [6, 6.07) is 0. The lowest BCUT2D eigenvalue weighted by Gasteiger charge is -1.90. The lowest BCUT2D eigenvalue weighted by atomic mass is 11.0. The molecule has 0 unspecified atom stereocenters. The fraction of sp³-hybridized carbons (Fsp3) is 0.714. The summed E-state index contributed by atoms with van der Waals surface area (Å²) in [4.78, 5) is 10.4. The maximum atomic E-state index is 8.36. The molecule has 13 heavy (non-hydrogen) atoms. The van der Waals surface area contributed by atoms with Gasteiger partial charge in [0.15, 0.2) is 0 Å². The Kier molecular flexibility index (Phi) is 25.1. The maximum Gasteiger partial charge on any atom is 0.290 e. The van der Waals surface area contributed by atoms with Gasteiger partial charge in [-0.15, -0.1) is 0 Å². The van der Waals surface area contributed by atoms with Crippen molar-refractivity contribution in [3.05, 3.63) is 0 Å². The average Bonchev–Trinajstić information content (AvgIpc) is 1.86. The number of carbonyl (C=O) groups is 1. The highest BCUT2D eigenvalue weighted by Gasteiger charge is 1.79. The molecule has 0 aliphatic carbocycles. The molecule has 80 valence electrons. The number of thioether (sulfide) groups is 1. The van der Waals surface area contributed by atoms with E-state index in [-0.39, 0.29) is 6.47 Å². The topological polar surface area (TPSA) is 66.6 Å². The number of thiocarbonyl (C=S) groups is 1. The third-order valence-electron chi connectivity index (χ3n) is 0.287. The summed E-state index contributed by atoms with van der Waals surface area (Å²) >= 11 is 6.03. The summed E-state index contributed by atoms with van der Waals surface area (Å²) in [7, 11) is 6.00. The zero-order valence-corrected chi connectivity index (χ0v) is 10.1. The lowest BCUT2D eigenvalue weighted by molar-refractivity contribution is -0.122. The minimum absolute atomic E-state index is 0.250. The van der Waals surface area contributed by atoms with Gasteiger partial charge in [0.2, 0.25) is 0 Å². The van der Waals surface area contributed by atoms with Gasteiger partial charge in [0, 0.05) is 0 Å². The van der Waals surface area contributed by atoms with Crippen LogP contribution in [0.15, 0.2) is 0 Å². The van der Waals surface area contributed by atoms with E-state index in [4.69, 9.17) is 15.6 Å². The van der Waals surface area contributed by atoms with Gasteiger partial charge >= 0.3 is 0 Å². The van der Waals surface area contributed by atoms with Crippen LogP contribution in [0.25, 0.3) is 0 Å². The first-order valence-electron chi connectivity index (χ1n) is 3.53. The molecule has 0 fully saturated rings. The summed E-state index contributed by atoms with van der Waals surface area (Å²) in [6.07, 6.45) is 0. The number of nitrogens with two attached hydrogens (primary N) is 1. The van der Waals surface area contributed by atoms with Crippen molar-refractivity contribution in [1.29, 1.82) is 0 Å². The van der Waals surface area contributed by atoms with Gasteiger partial charge in [0.1, 0.15) is 4.32 Å². The van der Waals surface area contributed by atoms with Crippen LogP contribution in [0.4, 0.5) is 0 Å². The van der Waals surface area contributed by atoms with E-state index in [0.717, 1.165) is 5.75 Å². The van der Waals surface area contributed by atoms with E-state index >= 15 is 0 Å². The molecule has 0 rings (SSSR count). The Balaban J connectivity index is -0.000000125. The van der Waals surface area contributed by atoms with Crippen LogP contribution in [-0.2, 0) is 4.79 Å². The Bertz CT molecular complexity index is 118. The van der Waals surface area contributed by atoms with Gasteiger partial charge < -0.3 is 15.7 Å². The van der Waals surface area contributed by atoms with Crippen LogP contribution in [0.5, 0.6) is 0 Å². The molecule has 0 saturated carbocycles. The van der Waals surface area contributed by atoms with Crippen LogP contribution in [0.2, 0.25) is 0 Å². The molecule has 4 nitrogen and oxygen atoms in total. The maximum absolute atomic E-state index is 8.36. The van der Waals surface area contributed by atoms with Gasteiger partial charge in [-0.3, -0.25) is 4.79 Å². The second kappa shape index (κ2) is 17.7. The van der Waals surface area contributed by atoms with E-state index in [1.807, 2.05) is 33.0 Å². The SMILES string of the molecule is CCSC(N)=S.CN(C)C.O=CO. The van der Waals surface area contributed by atoms with Crippen molar-refractivity contribution in [2.75, 3.05) is 26.9 Å². The highest BCUT2D eigenvalue weighted by molar-refractivity contribution is 8.22. The number of hydrogen-bond acceptors (Lipinski definition) is 4. The third-order valence-corrected chi connectivity index (χ3v) is 1.21. The van der Waals surface area contributed by atoms with E-state index in [0.29, 0.717) is 4.32 Å². The summed E-state index contributed by atoms with van der Waals surface area (Å²) in [5.74, 6) is 0.981. The summed E-state index contributed by atoms with van der Waals surface area (Å²) in [5.41, 5.74) is 5.10. The molecular weight excluding hydrogens is 208 g/mol. The highest BCUT2D eigenvalue weighted by atomic mass is 32.2. The molecule has 0 radical (unpaired) electrons. The molecule has 0 aromatic heterocycles. The van der Waals surface area contributed by atoms with Crippen molar-refractivity contribution in [3.8, 4) is 0 Å². The Morgan fingerprint density at radius 2 is 1.85 bits per heavy atom. The molecule has 0 aromatic carbocycles. The van der Waals surface area contributed by atoms with Crippen LogP contribution in [0.3, 0.4) is 0 Å². The van der Waals surface area contributed by atoms with E-state index in [9.17, 15) is 0 Å². The molecule has 6 heteroatoms. The zero-order valence-electron chi connectivity index (χ0n) is 8.48. The Morgan fingerprint density at radius 1 is 1.62 bits per heavy atom. The fourth-order valence-electron chi connectivity index (χ4n) is 0.142.